The van der Waals surface area contributed by atoms with E-state index in [4.69, 9.17) is 0 Å². The zero-order chi connectivity index (χ0) is 11.0. The molecule has 0 aliphatic rings. The van der Waals surface area contributed by atoms with Gasteiger partial charge in [-0.1, -0.05) is 0 Å². The highest BCUT2D eigenvalue weighted by Gasteiger charge is 2.12. The Morgan fingerprint density at radius 1 is 1.27 bits per heavy atom. The van der Waals surface area contributed by atoms with Gasteiger partial charge in [-0.05, 0) is 47.1 Å². The van der Waals surface area contributed by atoms with E-state index in [2.05, 4.69) is 21.0 Å². The predicted octanol–water partition coefficient (Wildman–Crippen LogP) is 3.30. The van der Waals surface area contributed by atoms with E-state index < -0.39 is 0 Å². The summed E-state index contributed by atoms with van der Waals surface area (Å²) in [4.78, 5) is 0. The fraction of sp³-hybridized carbons (Fsp3) is 0.182. The van der Waals surface area contributed by atoms with Crippen molar-refractivity contribution in [2.24, 2.45) is 7.05 Å². The maximum absolute atomic E-state index is 12.8. The van der Waals surface area contributed by atoms with Crippen molar-refractivity contribution in [2.75, 3.05) is 0 Å². The smallest absolute Gasteiger partial charge is 0.123 e. The van der Waals surface area contributed by atoms with Crippen LogP contribution in [0.25, 0.3) is 11.3 Å². The molecule has 0 saturated carbocycles. The highest BCUT2D eigenvalue weighted by molar-refractivity contribution is 9.10. The Bertz CT molecular complexity index is 488. The molecule has 1 heterocycles. The Morgan fingerprint density at radius 2 is 1.87 bits per heavy atom. The molecule has 4 heteroatoms. The SMILES string of the molecule is Cc1nn(C)c(-c2ccc(F)cc2)c1Br. The zero-order valence-corrected chi connectivity index (χ0v) is 10.0. The van der Waals surface area contributed by atoms with Crippen LogP contribution in [0, 0.1) is 12.7 Å². The van der Waals surface area contributed by atoms with Crippen LogP contribution in [0.4, 0.5) is 4.39 Å². The molecule has 0 amide bonds. The van der Waals surface area contributed by atoms with Crippen LogP contribution in [-0.4, -0.2) is 9.78 Å². The van der Waals surface area contributed by atoms with E-state index in [1.54, 1.807) is 16.8 Å². The van der Waals surface area contributed by atoms with Gasteiger partial charge in [-0.15, -0.1) is 0 Å². The van der Waals surface area contributed by atoms with Gasteiger partial charge in [0.2, 0.25) is 0 Å². The van der Waals surface area contributed by atoms with Crippen LogP contribution in [0.3, 0.4) is 0 Å². The summed E-state index contributed by atoms with van der Waals surface area (Å²) in [5.41, 5.74) is 2.84. The standard InChI is InChI=1S/C11H10BrFN2/c1-7-10(12)11(15(2)14-7)8-3-5-9(13)6-4-8/h3-6H,1-2H3. The molecule has 2 aromatic rings. The molecule has 78 valence electrons. The number of benzene rings is 1. The highest BCUT2D eigenvalue weighted by Crippen LogP contribution is 2.30. The molecule has 2 nitrogen and oxygen atoms in total. The van der Waals surface area contributed by atoms with Crippen LogP contribution in [0.15, 0.2) is 28.7 Å². The molecule has 0 N–H and O–H groups in total. The number of hydrogen-bond donors (Lipinski definition) is 0. The van der Waals surface area contributed by atoms with Crippen LogP contribution >= 0.6 is 15.9 Å². The first-order chi connectivity index (χ1) is 7.09. The molecule has 0 aliphatic carbocycles. The van der Waals surface area contributed by atoms with Crippen molar-refractivity contribution in [1.29, 1.82) is 0 Å². The van der Waals surface area contributed by atoms with Crippen LogP contribution in [0.2, 0.25) is 0 Å². The van der Waals surface area contributed by atoms with E-state index in [1.807, 2.05) is 14.0 Å². The number of nitrogens with zero attached hydrogens (tertiary/aromatic N) is 2. The lowest BCUT2D eigenvalue weighted by Gasteiger charge is -2.02. The van der Waals surface area contributed by atoms with Crippen molar-refractivity contribution in [3.8, 4) is 11.3 Å². The van der Waals surface area contributed by atoms with E-state index in [0.717, 1.165) is 21.4 Å². The largest absolute Gasteiger partial charge is 0.266 e. The second-order valence-corrected chi connectivity index (χ2v) is 4.17. The molecule has 0 bridgehead atoms. The lowest BCUT2D eigenvalue weighted by Crippen LogP contribution is -1.93. The second-order valence-electron chi connectivity index (χ2n) is 3.38. The van der Waals surface area contributed by atoms with Crippen LogP contribution in [-0.2, 0) is 7.05 Å². The summed E-state index contributed by atoms with van der Waals surface area (Å²) >= 11 is 3.48. The normalized spacial score (nSPS) is 10.7. The molecule has 0 spiro atoms. The van der Waals surface area contributed by atoms with Gasteiger partial charge in [0.15, 0.2) is 0 Å². The summed E-state index contributed by atoms with van der Waals surface area (Å²) in [5.74, 6) is -0.228. The monoisotopic (exact) mass is 268 g/mol. The number of aryl methyl sites for hydroxylation is 2. The summed E-state index contributed by atoms with van der Waals surface area (Å²) < 4.78 is 15.5. The van der Waals surface area contributed by atoms with Gasteiger partial charge in [-0.25, -0.2) is 4.39 Å². The maximum atomic E-state index is 12.8. The fourth-order valence-electron chi connectivity index (χ4n) is 1.55. The van der Waals surface area contributed by atoms with Crippen molar-refractivity contribution in [3.63, 3.8) is 0 Å². The van der Waals surface area contributed by atoms with Gasteiger partial charge >= 0.3 is 0 Å². The first-order valence-electron chi connectivity index (χ1n) is 4.54. The average Bonchev–Trinajstić information content (AvgIpc) is 2.44. The van der Waals surface area contributed by atoms with Crippen molar-refractivity contribution in [3.05, 3.63) is 40.2 Å². The lowest BCUT2D eigenvalue weighted by atomic mass is 10.1. The third-order valence-corrected chi connectivity index (χ3v) is 3.22. The zero-order valence-electron chi connectivity index (χ0n) is 8.46. The fourth-order valence-corrected chi connectivity index (χ4v) is 2.12. The molecule has 1 aromatic carbocycles. The second kappa shape index (κ2) is 3.77. The molecule has 0 saturated heterocycles. The third-order valence-electron chi connectivity index (χ3n) is 2.27. The van der Waals surface area contributed by atoms with Gasteiger partial charge in [0.1, 0.15) is 5.82 Å². The summed E-state index contributed by atoms with van der Waals surface area (Å²) in [7, 11) is 1.87. The highest BCUT2D eigenvalue weighted by atomic mass is 79.9. The third kappa shape index (κ3) is 1.81. The summed E-state index contributed by atoms with van der Waals surface area (Å²) in [6.45, 7) is 1.93. The van der Waals surface area contributed by atoms with E-state index in [0.29, 0.717) is 0 Å². The summed E-state index contributed by atoms with van der Waals surface area (Å²) in [6, 6.07) is 6.39. The first-order valence-corrected chi connectivity index (χ1v) is 5.34. The molecule has 15 heavy (non-hydrogen) atoms. The van der Waals surface area contributed by atoms with Gasteiger partial charge < -0.3 is 0 Å². The Labute approximate surface area is 95.9 Å². The van der Waals surface area contributed by atoms with Crippen LogP contribution in [0.5, 0.6) is 0 Å². The number of aromatic nitrogens is 2. The molecular formula is C11H10BrFN2. The van der Waals surface area contributed by atoms with E-state index in [-0.39, 0.29) is 5.82 Å². The van der Waals surface area contributed by atoms with E-state index >= 15 is 0 Å². The lowest BCUT2D eigenvalue weighted by molar-refractivity contribution is 0.628. The topological polar surface area (TPSA) is 17.8 Å². The quantitative estimate of drug-likeness (QED) is 0.776. The first kappa shape index (κ1) is 10.4. The molecule has 2 rings (SSSR count). The number of halogens is 2. The maximum Gasteiger partial charge on any atom is 0.123 e. The van der Waals surface area contributed by atoms with Crippen LogP contribution in [0.1, 0.15) is 5.69 Å². The molecule has 0 atom stereocenters. The van der Waals surface area contributed by atoms with Gasteiger partial charge in [-0.2, -0.15) is 5.10 Å². The molecular weight excluding hydrogens is 259 g/mol. The van der Waals surface area contributed by atoms with Crippen molar-refractivity contribution < 1.29 is 4.39 Å². The molecule has 0 radical (unpaired) electrons. The molecule has 0 unspecified atom stereocenters. The Balaban J connectivity index is 2.58. The molecule has 0 fully saturated rings. The van der Waals surface area contributed by atoms with Crippen molar-refractivity contribution >= 4 is 15.9 Å². The Kier molecular flexibility index (Phi) is 2.61. The molecule has 1 aromatic heterocycles. The van der Waals surface area contributed by atoms with Gasteiger partial charge in [0.25, 0.3) is 0 Å². The van der Waals surface area contributed by atoms with Gasteiger partial charge in [0, 0.05) is 12.6 Å². The average molecular weight is 269 g/mol. The van der Waals surface area contributed by atoms with Crippen LogP contribution < -0.4 is 0 Å². The minimum absolute atomic E-state index is 0.228. The minimum Gasteiger partial charge on any atom is -0.266 e. The minimum atomic E-state index is -0.228. The van der Waals surface area contributed by atoms with Gasteiger partial charge in [0.05, 0.1) is 15.9 Å². The number of rotatable bonds is 1. The Hall–Kier alpha value is -1.16. The van der Waals surface area contributed by atoms with E-state index in [9.17, 15) is 4.39 Å². The van der Waals surface area contributed by atoms with E-state index in [1.165, 1.54) is 12.1 Å². The summed E-state index contributed by atoms with van der Waals surface area (Å²) in [5, 5.41) is 4.29. The predicted molar refractivity (Wildman–Crippen MR) is 61.0 cm³/mol. The molecule has 0 aliphatic heterocycles. The Morgan fingerprint density at radius 3 is 2.33 bits per heavy atom. The number of hydrogen-bond acceptors (Lipinski definition) is 1. The van der Waals surface area contributed by atoms with Gasteiger partial charge in [-0.3, -0.25) is 4.68 Å². The van der Waals surface area contributed by atoms with Crippen molar-refractivity contribution in [1.82, 2.24) is 9.78 Å². The summed E-state index contributed by atoms with van der Waals surface area (Å²) in [6.07, 6.45) is 0. The van der Waals surface area contributed by atoms with Crippen molar-refractivity contribution in [2.45, 2.75) is 6.92 Å².